The Balaban J connectivity index is 2.24. The van der Waals surface area contributed by atoms with Gasteiger partial charge in [0.25, 0.3) is 0 Å². The molecule has 1 unspecified atom stereocenters. The van der Waals surface area contributed by atoms with Crippen molar-refractivity contribution in [3.05, 3.63) is 12.3 Å². The summed E-state index contributed by atoms with van der Waals surface area (Å²) in [4.78, 5) is 20.7. The van der Waals surface area contributed by atoms with Crippen LogP contribution in [0.15, 0.2) is 12.3 Å². The smallest absolute Gasteiger partial charge is 0.329 e. The molecule has 0 bridgehead atoms. The summed E-state index contributed by atoms with van der Waals surface area (Å²) in [5.74, 6) is -1.00. The zero-order chi connectivity index (χ0) is 8.97. The molecule has 1 atom stereocenters. The van der Waals surface area contributed by atoms with Gasteiger partial charge in [0.15, 0.2) is 0 Å². The zero-order valence-electron chi connectivity index (χ0n) is 6.41. The number of amides is 1. The molecule has 1 aliphatic heterocycles. The van der Waals surface area contributed by atoms with E-state index in [1.54, 1.807) is 0 Å². The highest BCUT2D eigenvalue weighted by Crippen LogP contribution is 1.97. The van der Waals surface area contributed by atoms with Crippen LogP contribution in [0.3, 0.4) is 0 Å². The number of carboxylic acids is 1. The molecule has 1 rings (SSSR count). The minimum absolute atomic E-state index is 0.00350. The van der Waals surface area contributed by atoms with Crippen LogP contribution in [0.25, 0.3) is 0 Å². The Morgan fingerprint density at radius 1 is 1.75 bits per heavy atom. The van der Waals surface area contributed by atoms with Crippen LogP contribution in [0.4, 0.5) is 0 Å². The fourth-order valence-electron chi connectivity index (χ4n) is 0.978. The molecule has 5 heteroatoms. The van der Waals surface area contributed by atoms with Crippen LogP contribution in [0.2, 0.25) is 0 Å². The van der Waals surface area contributed by atoms with E-state index in [0.29, 0.717) is 13.0 Å². The first-order valence-corrected chi connectivity index (χ1v) is 3.60. The predicted molar refractivity (Wildman–Crippen MR) is 41.3 cm³/mol. The molecule has 0 radical (unpaired) electrons. The topological polar surface area (TPSA) is 78.4 Å². The lowest BCUT2D eigenvalue weighted by molar-refractivity contribution is -0.131. The number of hydrogen-bond donors (Lipinski definition) is 3. The lowest BCUT2D eigenvalue weighted by Gasteiger charge is -2.04. The zero-order valence-corrected chi connectivity index (χ0v) is 6.41. The first-order valence-electron chi connectivity index (χ1n) is 3.60. The molecule has 3 N–H and O–H groups in total. The second-order valence-corrected chi connectivity index (χ2v) is 2.54. The van der Waals surface area contributed by atoms with Gasteiger partial charge in [-0.15, -0.1) is 0 Å². The monoisotopic (exact) mass is 170 g/mol. The van der Waals surface area contributed by atoms with Gasteiger partial charge in [-0.05, 0) is 0 Å². The highest BCUT2D eigenvalue weighted by Gasteiger charge is 2.19. The van der Waals surface area contributed by atoms with Crippen molar-refractivity contribution in [2.45, 2.75) is 12.5 Å². The van der Waals surface area contributed by atoms with E-state index in [0.717, 1.165) is 6.08 Å². The average molecular weight is 170 g/mol. The van der Waals surface area contributed by atoms with Gasteiger partial charge in [-0.3, -0.25) is 4.79 Å². The van der Waals surface area contributed by atoms with Crippen molar-refractivity contribution in [2.75, 3.05) is 6.54 Å². The lowest BCUT2D eigenvalue weighted by Crippen LogP contribution is -2.26. The summed E-state index contributed by atoms with van der Waals surface area (Å²) in [6, 6.07) is 0.0214. The molecular weight excluding hydrogens is 160 g/mol. The van der Waals surface area contributed by atoms with Crippen LogP contribution in [0.5, 0.6) is 0 Å². The third kappa shape index (κ3) is 2.61. The summed E-state index contributed by atoms with van der Waals surface area (Å²) in [7, 11) is 0. The second kappa shape index (κ2) is 3.75. The van der Waals surface area contributed by atoms with E-state index in [-0.39, 0.29) is 11.9 Å². The van der Waals surface area contributed by atoms with Crippen LogP contribution >= 0.6 is 0 Å². The van der Waals surface area contributed by atoms with Gasteiger partial charge in [0.1, 0.15) is 0 Å². The first kappa shape index (κ1) is 8.58. The average Bonchev–Trinajstić information content (AvgIpc) is 2.35. The standard InChI is InChI=1S/C7H10N2O3/c10-6-3-5(4-9-6)8-2-1-7(11)12/h1-2,5,8H,3-4H2,(H,9,10)(H,11,12)/b2-1+. The Morgan fingerprint density at radius 3 is 3.00 bits per heavy atom. The number of rotatable bonds is 3. The van der Waals surface area contributed by atoms with Gasteiger partial charge in [0.2, 0.25) is 5.91 Å². The maximum Gasteiger partial charge on any atom is 0.329 e. The van der Waals surface area contributed by atoms with Crippen molar-refractivity contribution in [1.29, 1.82) is 0 Å². The molecule has 0 aromatic carbocycles. The van der Waals surface area contributed by atoms with Gasteiger partial charge >= 0.3 is 5.97 Å². The van der Waals surface area contributed by atoms with Crippen molar-refractivity contribution in [1.82, 2.24) is 10.6 Å². The number of hydrogen-bond acceptors (Lipinski definition) is 3. The molecule has 1 saturated heterocycles. The van der Waals surface area contributed by atoms with E-state index in [4.69, 9.17) is 5.11 Å². The Bertz CT molecular complexity index is 225. The van der Waals surface area contributed by atoms with Crippen molar-refractivity contribution >= 4 is 11.9 Å². The van der Waals surface area contributed by atoms with Gasteiger partial charge < -0.3 is 15.7 Å². The molecule has 0 aromatic rings. The Morgan fingerprint density at radius 2 is 2.50 bits per heavy atom. The lowest BCUT2D eigenvalue weighted by atomic mass is 10.3. The minimum Gasteiger partial charge on any atom is -0.478 e. The van der Waals surface area contributed by atoms with Crippen LogP contribution in [-0.4, -0.2) is 29.6 Å². The summed E-state index contributed by atoms with van der Waals surface area (Å²) in [5, 5.41) is 13.7. The highest BCUT2D eigenvalue weighted by molar-refractivity contribution is 5.80. The largest absolute Gasteiger partial charge is 0.478 e. The van der Waals surface area contributed by atoms with Crippen molar-refractivity contribution in [3.8, 4) is 0 Å². The third-order valence-electron chi connectivity index (χ3n) is 1.54. The Hall–Kier alpha value is -1.52. The van der Waals surface area contributed by atoms with Crippen LogP contribution < -0.4 is 10.6 Å². The number of carbonyl (C=O) groups is 2. The van der Waals surface area contributed by atoms with Crippen LogP contribution in [-0.2, 0) is 9.59 Å². The molecular formula is C7H10N2O3. The summed E-state index contributed by atoms with van der Waals surface area (Å²) >= 11 is 0. The number of nitrogens with one attached hydrogen (secondary N) is 2. The fraction of sp³-hybridized carbons (Fsp3) is 0.429. The number of aliphatic carboxylic acids is 1. The third-order valence-corrected chi connectivity index (χ3v) is 1.54. The molecule has 1 heterocycles. The SMILES string of the molecule is O=C(O)/C=C/NC1CNC(=O)C1. The molecule has 0 spiro atoms. The Labute approximate surface area is 69.5 Å². The minimum atomic E-state index is -1.00. The summed E-state index contributed by atoms with van der Waals surface area (Å²) in [6.45, 7) is 0.558. The van der Waals surface area contributed by atoms with Gasteiger partial charge in [0.05, 0.1) is 6.04 Å². The van der Waals surface area contributed by atoms with E-state index in [1.807, 2.05) is 0 Å². The summed E-state index contributed by atoms with van der Waals surface area (Å²) in [5.41, 5.74) is 0. The quantitative estimate of drug-likeness (QED) is 0.478. The molecule has 0 aliphatic carbocycles. The molecule has 1 amide bonds. The van der Waals surface area contributed by atoms with Crippen LogP contribution in [0.1, 0.15) is 6.42 Å². The van der Waals surface area contributed by atoms with E-state index >= 15 is 0 Å². The summed E-state index contributed by atoms with van der Waals surface area (Å²) in [6.07, 6.45) is 2.75. The number of carbonyl (C=O) groups excluding carboxylic acids is 1. The molecule has 5 nitrogen and oxygen atoms in total. The summed E-state index contributed by atoms with van der Waals surface area (Å²) < 4.78 is 0. The van der Waals surface area contributed by atoms with Gasteiger partial charge in [-0.2, -0.15) is 0 Å². The maximum absolute atomic E-state index is 10.7. The fourth-order valence-corrected chi connectivity index (χ4v) is 0.978. The molecule has 0 saturated carbocycles. The molecule has 1 fully saturated rings. The van der Waals surface area contributed by atoms with E-state index in [9.17, 15) is 9.59 Å². The van der Waals surface area contributed by atoms with Crippen molar-refractivity contribution in [2.24, 2.45) is 0 Å². The molecule has 0 aromatic heterocycles. The van der Waals surface area contributed by atoms with E-state index in [1.165, 1.54) is 6.20 Å². The molecule has 66 valence electrons. The maximum atomic E-state index is 10.7. The number of carboxylic acid groups (broad SMARTS) is 1. The van der Waals surface area contributed by atoms with Crippen molar-refractivity contribution in [3.63, 3.8) is 0 Å². The Kier molecular flexibility index (Phi) is 2.68. The van der Waals surface area contributed by atoms with Gasteiger partial charge in [-0.1, -0.05) is 0 Å². The van der Waals surface area contributed by atoms with E-state index in [2.05, 4.69) is 10.6 Å². The van der Waals surface area contributed by atoms with E-state index < -0.39 is 5.97 Å². The molecule has 1 aliphatic rings. The van der Waals surface area contributed by atoms with Gasteiger partial charge in [-0.25, -0.2) is 4.79 Å². The predicted octanol–water partition coefficient (Wildman–Crippen LogP) is -0.937. The van der Waals surface area contributed by atoms with Crippen molar-refractivity contribution < 1.29 is 14.7 Å². The highest BCUT2D eigenvalue weighted by atomic mass is 16.4. The molecule has 12 heavy (non-hydrogen) atoms. The van der Waals surface area contributed by atoms with Crippen LogP contribution in [0, 0.1) is 0 Å². The second-order valence-electron chi connectivity index (χ2n) is 2.54. The normalized spacial score (nSPS) is 22.7. The van der Waals surface area contributed by atoms with Gasteiger partial charge in [0, 0.05) is 25.2 Å². The first-order chi connectivity index (χ1) is 5.68.